The Morgan fingerprint density at radius 2 is 1.76 bits per heavy atom. The lowest BCUT2D eigenvalue weighted by molar-refractivity contribution is -0.131. The fraction of sp³-hybridized carbons (Fsp3) is 0.667. The first-order valence-corrected chi connectivity index (χ1v) is 5.83. The van der Waals surface area contributed by atoms with Crippen LogP contribution in [0.2, 0.25) is 0 Å². The number of nitrogens with one attached hydrogen (secondary N) is 2. The number of carbonyl (C=O) groups is 2. The summed E-state index contributed by atoms with van der Waals surface area (Å²) in [5, 5.41) is 14.2. The largest absolute Gasteiger partial charge is 0.478 e. The number of hydrogen-bond acceptors (Lipinski definition) is 3. The number of aliphatic carboxylic acids is 1. The van der Waals surface area contributed by atoms with Crippen LogP contribution in [0.5, 0.6) is 0 Å². The van der Waals surface area contributed by atoms with E-state index in [-0.39, 0.29) is 11.3 Å². The monoisotopic (exact) mass is 242 g/mol. The van der Waals surface area contributed by atoms with Crippen molar-refractivity contribution in [3.8, 4) is 0 Å². The van der Waals surface area contributed by atoms with E-state index in [0.29, 0.717) is 6.54 Å². The molecule has 1 amide bonds. The fourth-order valence-corrected chi connectivity index (χ4v) is 1.67. The first-order chi connectivity index (χ1) is 7.99. The molecule has 0 saturated carbocycles. The minimum Gasteiger partial charge on any atom is -0.478 e. The Hall–Kier alpha value is -1.36. The minimum absolute atomic E-state index is 0.0292. The second-order valence-electron chi connectivity index (χ2n) is 4.13. The zero-order chi connectivity index (χ0) is 13.3. The molecule has 0 fully saturated rings. The number of hydrogen-bond donors (Lipinski definition) is 3. The van der Waals surface area contributed by atoms with Gasteiger partial charge in [-0.1, -0.05) is 13.8 Å². The molecular formula is C12H22N2O3. The molecule has 0 unspecified atom stereocenters. The van der Waals surface area contributed by atoms with Crippen molar-refractivity contribution in [2.24, 2.45) is 5.41 Å². The van der Waals surface area contributed by atoms with E-state index < -0.39 is 5.97 Å². The van der Waals surface area contributed by atoms with Crippen molar-refractivity contribution < 1.29 is 14.7 Å². The first kappa shape index (κ1) is 15.6. The molecule has 0 aliphatic carbocycles. The van der Waals surface area contributed by atoms with Gasteiger partial charge in [0.15, 0.2) is 0 Å². The van der Waals surface area contributed by atoms with Gasteiger partial charge in [0.05, 0.1) is 0 Å². The summed E-state index contributed by atoms with van der Waals surface area (Å²) in [4.78, 5) is 21.6. The maximum atomic E-state index is 11.3. The lowest BCUT2D eigenvalue weighted by atomic mass is 9.82. The van der Waals surface area contributed by atoms with Gasteiger partial charge in [0.1, 0.15) is 0 Å². The summed E-state index contributed by atoms with van der Waals surface area (Å²) in [6.45, 7) is 5.53. The molecule has 0 aromatic heterocycles. The summed E-state index contributed by atoms with van der Waals surface area (Å²) in [5.41, 5.74) is 0.0292. The SMILES string of the molecule is CCC(CC)(CNC)CNC(=O)/C=C\C(=O)O. The Balaban J connectivity index is 4.30. The Kier molecular flexibility index (Phi) is 7.21. The van der Waals surface area contributed by atoms with Crippen LogP contribution >= 0.6 is 0 Å². The van der Waals surface area contributed by atoms with Crippen LogP contribution in [0.1, 0.15) is 26.7 Å². The van der Waals surface area contributed by atoms with E-state index in [0.717, 1.165) is 31.5 Å². The van der Waals surface area contributed by atoms with Gasteiger partial charge in [-0.2, -0.15) is 0 Å². The summed E-state index contributed by atoms with van der Waals surface area (Å²) in [5.74, 6) is -1.48. The topological polar surface area (TPSA) is 78.4 Å². The van der Waals surface area contributed by atoms with E-state index >= 15 is 0 Å². The fourth-order valence-electron chi connectivity index (χ4n) is 1.67. The lowest BCUT2D eigenvalue weighted by Crippen LogP contribution is -2.42. The van der Waals surface area contributed by atoms with Crippen molar-refractivity contribution in [3.05, 3.63) is 12.2 Å². The summed E-state index contributed by atoms with van der Waals surface area (Å²) < 4.78 is 0. The van der Waals surface area contributed by atoms with E-state index in [9.17, 15) is 9.59 Å². The third-order valence-corrected chi connectivity index (χ3v) is 3.07. The number of amides is 1. The standard InChI is InChI=1S/C12H22N2O3/c1-4-12(5-2,8-13-3)9-14-10(15)6-7-11(16)17/h6-7,13H,4-5,8-9H2,1-3H3,(H,14,15)(H,16,17)/b7-6-. The van der Waals surface area contributed by atoms with Crippen molar-refractivity contribution in [3.63, 3.8) is 0 Å². The molecule has 0 atom stereocenters. The third kappa shape index (κ3) is 6.06. The van der Waals surface area contributed by atoms with Crippen molar-refractivity contribution in [1.82, 2.24) is 10.6 Å². The Morgan fingerprint density at radius 1 is 1.18 bits per heavy atom. The number of carboxylic acids is 1. The molecular weight excluding hydrogens is 220 g/mol. The lowest BCUT2D eigenvalue weighted by Gasteiger charge is -2.31. The van der Waals surface area contributed by atoms with Gasteiger partial charge < -0.3 is 15.7 Å². The summed E-state index contributed by atoms with van der Waals surface area (Å²) >= 11 is 0. The molecule has 0 aromatic carbocycles. The number of carbonyl (C=O) groups excluding carboxylic acids is 1. The van der Waals surface area contributed by atoms with E-state index in [1.807, 2.05) is 7.05 Å². The predicted molar refractivity (Wildman–Crippen MR) is 66.7 cm³/mol. The highest BCUT2D eigenvalue weighted by Crippen LogP contribution is 2.24. The van der Waals surface area contributed by atoms with E-state index in [1.165, 1.54) is 0 Å². The molecule has 0 spiro atoms. The quantitative estimate of drug-likeness (QED) is 0.549. The van der Waals surface area contributed by atoms with Crippen LogP contribution in [0, 0.1) is 5.41 Å². The van der Waals surface area contributed by atoms with Gasteiger partial charge in [0.25, 0.3) is 0 Å². The van der Waals surface area contributed by atoms with Gasteiger partial charge >= 0.3 is 5.97 Å². The average molecular weight is 242 g/mol. The Bertz CT molecular complexity index is 283. The summed E-state index contributed by atoms with van der Waals surface area (Å²) in [6, 6.07) is 0. The molecule has 0 saturated heterocycles. The maximum Gasteiger partial charge on any atom is 0.328 e. The van der Waals surface area contributed by atoms with Gasteiger partial charge in [-0.25, -0.2) is 4.79 Å². The molecule has 0 aliphatic heterocycles. The van der Waals surface area contributed by atoms with Crippen LogP contribution in [-0.4, -0.2) is 37.1 Å². The molecule has 5 heteroatoms. The first-order valence-electron chi connectivity index (χ1n) is 5.83. The van der Waals surface area contributed by atoms with Crippen LogP contribution in [0.3, 0.4) is 0 Å². The van der Waals surface area contributed by atoms with Crippen molar-refractivity contribution in [1.29, 1.82) is 0 Å². The summed E-state index contributed by atoms with van der Waals surface area (Å²) in [7, 11) is 1.88. The smallest absolute Gasteiger partial charge is 0.328 e. The third-order valence-electron chi connectivity index (χ3n) is 3.07. The Labute approximate surface area is 102 Å². The zero-order valence-corrected chi connectivity index (χ0v) is 10.7. The second-order valence-corrected chi connectivity index (χ2v) is 4.13. The molecule has 0 aliphatic rings. The average Bonchev–Trinajstić information content (AvgIpc) is 2.32. The molecule has 0 bridgehead atoms. The molecule has 17 heavy (non-hydrogen) atoms. The normalized spacial score (nSPS) is 11.7. The molecule has 5 nitrogen and oxygen atoms in total. The van der Waals surface area contributed by atoms with Crippen LogP contribution in [0.25, 0.3) is 0 Å². The van der Waals surface area contributed by atoms with E-state index in [4.69, 9.17) is 5.11 Å². The van der Waals surface area contributed by atoms with Gasteiger partial charge in [0.2, 0.25) is 5.91 Å². The molecule has 98 valence electrons. The van der Waals surface area contributed by atoms with Crippen molar-refractivity contribution in [2.45, 2.75) is 26.7 Å². The van der Waals surface area contributed by atoms with Gasteiger partial charge in [-0.15, -0.1) is 0 Å². The van der Waals surface area contributed by atoms with Crippen LogP contribution in [0.15, 0.2) is 12.2 Å². The van der Waals surface area contributed by atoms with Gasteiger partial charge in [0, 0.05) is 25.2 Å². The van der Waals surface area contributed by atoms with Crippen LogP contribution in [0.4, 0.5) is 0 Å². The molecule has 0 radical (unpaired) electrons. The molecule has 0 heterocycles. The van der Waals surface area contributed by atoms with Crippen LogP contribution in [-0.2, 0) is 9.59 Å². The highest BCUT2D eigenvalue weighted by atomic mass is 16.4. The van der Waals surface area contributed by atoms with Crippen molar-refractivity contribution >= 4 is 11.9 Å². The molecule has 0 rings (SSSR count). The van der Waals surface area contributed by atoms with Gasteiger partial charge in [-0.3, -0.25) is 4.79 Å². The highest BCUT2D eigenvalue weighted by Gasteiger charge is 2.25. The van der Waals surface area contributed by atoms with E-state index in [2.05, 4.69) is 24.5 Å². The molecule has 0 aromatic rings. The number of rotatable bonds is 8. The molecule has 3 N–H and O–H groups in total. The Morgan fingerprint density at radius 3 is 2.18 bits per heavy atom. The van der Waals surface area contributed by atoms with Crippen LogP contribution < -0.4 is 10.6 Å². The summed E-state index contributed by atoms with van der Waals surface area (Å²) in [6.07, 6.45) is 3.78. The predicted octanol–water partition coefficient (Wildman–Crippen LogP) is 0.769. The zero-order valence-electron chi connectivity index (χ0n) is 10.7. The number of carboxylic acid groups (broad SMARTS) is 1. The highest BCUT2D eigenvalue weighted by molar-refractivity contribution is 5.93. The second kappa shape index (κ2) is 7.84. The van der Waals surface area contributed by atoms with E-state index in [1.54, 1.807) is 0 Å². The van der Waals surface area contributed by atoms with Gasteiger partial charge in [-0.05, 0) is 25.3 Å². The maximum absolute atomic E-state index is 11.3. The van der Waals surface area contributed by atoms with Crippen molar-refractivity contribution in [2.75, 3.05) is 20.1 Å². The minimum atomic E-state index is -1.12.